The molecule has 8 heteroatoms. The minimum Gasteiger partial charge on any atom is -0.474 e. The fraction of sp³-hybridized carbons (Fsp3) is 0.667. The van der Waals surface area contributed by atoms with E-state index in [2.05, 4.69) is 4.98 Å². The Morgan fingerprint density at radius 1 is 1.42 bits per heavy atom. The van der Waals surface area contributed by atoms with Gasteiger partial charge in [-0.2, -0.15) is 13.2 Å². The third kappa shape index (κ3) is 3.51. The molecule has 1 spiro atoms. The van der Waals surface area contributed by atoms with Crippen LogP contribution in [0.2, 0.25) is 0 Å². The Hall–Kier alpha value is -1.83. The maximum atomic E-state index is 12.8. The van der Waals surface area contributed by atoms with E-state index in [0.717, 1.165) is 18.9 Å². The van der Waals surface area contributed by atoms with E-state index in [-0.39, 0.29) is 41.5 Å². The van der Waals surface area contributed by atoms with E-state index in [9.17, 15) is 23.1 Å². The van der Waals surface area contributed by atoms with E-state index in [0.29, 0.717) is 19.5 Å². The van der Waals surface area contributed by atoms with E-state index < -0.39 is 11.7 Å². The molecule has 3 rings (SSSR count). The van der Waals surface area contributed by atoms with Crippen molar-refractivity contribution < 1.29 is 27.8 Å². The van der Waals surface area contributed by atoms with Gasteiger partial charge in [0.2, 0.25) is 11.8 Å². The van der Waals surface area contributed by atoms with Crippen LogP contribution in [-0.4, -0.2) is 46.7 Å². The number of nitrogens with zero attached hydrogens (tertiary/aromatic N) is 2. The van der Waals surface area contributed by atoms with E-state index in [1.54, 1.807) is 4.90 Å². The van der Waals surface area contributed by atoms with E-state index in [4.69, 9.17) is 4.74 Å². The number of aliphatic hydroxyl groups excluding tert-OH is 1. The van der Waals surface area contributed by atoms with Crippen molar-refractivity contribution in [3.05, 3.63) is 23.4 Å². The Labute approximate surface area is 150 Å². The van der Waals surface area contributed by atoms with Crippen molar-refractivity contribution in [3.63, 3.8) is 0 Å². The number of ether oxygens (including phenoxy) is 1. The normalized spacial score (nSPS) is 20.5. The predicted molar refractivity (Wildman–Crippen MR) is 87.5 cm³/mol. The highest BCUT2D eigenvalue weighted by Gasteiger charge is 2.55. The van der Waals surface area contributed by atoms with Gasteiger partial charge in [-0.1, -0.05) is 6.92 Å². The number of aryl methyl sites for hydroxylation is 1. The lowest BCUT2D eigenvalue weighted by atomic mass is 9.61. The molecule has 2 aliphatic rings. The van der Waals surface area contributed by atoms with Crippen molar-refractivity contribution in [1.29, 1.82) is 0 Å². The van der Waals surface area contributed by atoms with Gasteiger partial charge in [-0.3, -0.25) is 4.79 Å². The smallest absolute Gasteiger partial charge is 0.418 e. The molecule has 1 aromatic rings. The molecule has 1 aliphatic carbocycles. The first-order valence-corrected chi connectivity index (χ1v) is 8.78. The lowest BCUT2D eigenvalue weighted by molar-refractivity contribution is -0.165. The Morgan fingerprint density at radius 2 is 2.08 bits per heavy atom. The number of likely N-dealkylation sites (tertiary alicyclic amines) is 1. The molecule has 0 radical (unpaired) electrons. The molecule has 1 amide bonds. The zero-order valence-electron chi connectivity index (χ0n) is 14.8. The molecule has 1 N–H and O–H groups in total. The highest BCUT2D eigenvalue weighted by molar-refractivity contribution is 5.80. The van der Waals surface area contributed by atoms with Crippen molar-refractivity contribution >= 4 is 5.91 Å². The van der Waals surface area contributed by atoms with Crippen molar-refractivity contribution in [2.24, 2.45) is 11.3 Å². The molecule has 1 aliphatic heterocycles. The van der Waals surface area contributed by atoms with Gasteiger partial charge in [-0.15, -0.1) is 0 Å². The van der Waals surface area contributed by atoms with Crippen LogP contribution in [0, 0.1) is 18.3 Å². The molecule has 26 heavy (non-hydrogen) atoms. The van der Waals surface area contributed by atoms with E-state index in [1.807, 2.05) is 6.92 Å². The lowest BCUT2D eigenvalue weighted by Crippen LogP contribution is -2.66. The highest BCUT2D eigenvalue weighted by Crippen LogP contribution is 2.50. The van der Waals surface area contributed by atoms with Crippen LogP contribution < -0.4 is 4.74 Å². The standard InChI is InChI=1S/C18H23F3N2O3/c1-3-12(8-24)16(25)23-9-17(10-23)6-13(7-17)26-15-5-4-14(11(2)22-15)18(19,20)21/h4-5,12-13,24H,3,6-10H2,1-2H3/t12-/m1/s1. The average molecular weight is 372 g/mol. The minimum absolute atomic E-state index is 0.00924. The summed E-state index contributed by atoms with van der Waals surface area (Å²) in [6.45, 7) is 4.37. The van der Waals surface area contributed by atoms with Gasteiger partial charge in [0.05, 0.1) is 23.8 Å². The van der Waals surface area contributed by atoms with Gasteiger partial charge in [0, 0.05) is 24.6 Å². The second-order valence-electron chi connectivity index (χ2n) is 7.41. The predicted octanol–water partition coefficient (Wildman–Crippen LogP) is 2.80. The molecule has 1 saturated heterocycles. The van der Waals surface area contributed by atoms with Crippen LogP contribution in [0.4, 0.5) is 13.2 Å². The van der Waals surface area contributed by atoms with Gasteiger partial charge in [0.15, 0.2) is 0 Å². The molecule has 0 bridgehead atoms. The van der Waals surface area contributed by atoms with Gasteiger partial charge < -0.3 is 14.7 Å². The summed E-state index contributed by atoms with van der Waals surface area (Å²) in [5.41, 5.74) is -0.800. The number of carbonyl (C=O) groups excluding carboxylic acids is 1. The van der Waals surface area contributed by atoms with Crippen LogP contribution in [0.1, 0.15) is 37.4 Å². The Morgan fingerprint density at radius 3 is 2.58 bits per heavy atom. The summed E-state index contributed by atoms with van der Waals surface area (Å²) in [5, 5.41) is 9.22. The van der Waals surface area contributed by atoms with Crippen LogP contribution in [0.3, 0.4) is 0 Å². The number of carbonyl (C=O) groups is 1. The third-order valence-electron chi connectivity index (χ3n) is 5.40. The van der Waals surface area contributed by atoms with Gasteiger partial charge >= 0.3 is 6.18 Å². The maximum Gasteiger partial charge on any atom is 0.418 e. The first-order valence-electron chi connectivity index (χ1n) is 8.78. The monoisotopic (exact) mass is 372 g/mol. The molecule has 0 aromatic carbocycles. The largest absolute Gasteiger partial charge is 0.474 e. The van der Waals surface area contributed by atoms with Crippen LogP contribution in [0.5, 0.6) is 5.88 Å². The number of rotatable bonds is 5. The van der Waals surface area contributed by atoms with Crippen molar-refractivity contribution in [2.45, 2.75) is 45.4 Å². The quantitative estimate of drug-likeness (QED) is 0.863. The zero-order chi connectivity index (χ0) is 19.1. The van der Waals surface area contributed by atoms with Crippen molar-refractivity contribution in [1.82, 2.24) is 9.88 Å². The number of hydrogen-bond donors (Lipinski definition) is 1. The Bertz CT molecular complexity index is 675. The number of alkyl halides is 3. The summed E-state index contributed by atoms with van der Waals surface area (Å²) in [7, 11) is 0. The number of hydrogen-bond acceptors (Lipinski definition) is 4. The number of halogens is 3. The topological polar surface area (TPSA) is 62.7 Å². The summed E-state index contributed by atoms with van der Waals surface area (Å²) in [5.74, 6) is -0.141. The molecular weight excluding hydrogens is 349 g/mol. The second-order valence-corrected chi connectivity index (χ2v) is 7.41. The van der Waals surface area contributed by atoms with Gasteiger partial charge in [-0.05, 0) is 32.3 Å². The van der Waals surface area contributed by atoms with Crippen LogP contribution >= 0.6 is 0 Å². The summed E-state index contributed by atoms with van der Waals surface area (Å²) in [6, 6.07) is 2.25. The van der Waals surface area contributed by atoms with E-state index >= 15 is 0 Å². The highest BCUT2D eigenvalue weighted by atomic mass is 19.4. The van der Waals surface area contributed by atoms with Crippen LogP contribution in [0.25, 0.3) is 0 Å². The first kappa shape index (κ1) is 18.9. The summed E-state index contributed by atoms with van der Waals surface area (Å²) in [4.78, 5) is 17.8. The lowest BCUT2D eigenvalue weighted by Gasteiger charge is -2.58. The van der Waals surface area contributed by atoms with E-state index in [1.165, 1.54) is 13.0 Å². The number of aromatic nitrogens is 1. The molecule has 0 unspecified atom stereocenters. The Kier molecular flexibility index (Phi) is 4.90. The molecule has 2 heterocycles. The van der Waals surface area contributed by atoms with Crippen molar-refractivity contribution in [2.75, 3.05) is 19.7 Å². The fourth-order valence-electron chi connectivity index (χ4n) is 3.88. The molecule has 1 aromatic heterocycles. The number of amides is 1. The average Bonchev–Trinajstić information content (AvgIpc) is 2.48. The van der Waals surface area contributed by atoms with Gasteiger partial charge in [-0.25, -0.2) is 4.98 Å². The number of aliphatic hydroxyl groups is 1. The summed E-state index contributed by atoms with van der Waals surface area (Å²) in [6.07, 6.45) is -2.37. The molecule has 1 atom stereocenters. The first-order chi connectivity index (χ1) is 12.2. The summed E-state index contributed by atoms with van der Waals surface area (Å²) < 4.78 is 44.0. The SMILES string of the molecule is CC[C@H](CO)C(=O)N1CC2(CC(Oc3ccc(C(F)(F)F)c(C)n3)C2)C1. The molecule has 5 nitrogen and oxygen atoms in total. The van der Waals surface area contributed by atoms with Crippen LogP contribution in [0.15, 0.2) is 12.1 Å². The van der Waals surface area contributed by atoms with Crippen molar-refractivity contribution in [3.8, 4) is 5.88 Å². The van der Waals surface area contributed by atoms with Gasteiger partial charge in [0.25, 0.3) is 0 Å². The fourth-order valence-corrected chi connectivity index (χ4v) is 3.88. The Balaban J connectivity index is 1.50. The summed E-state index contributed by atoms with van der Waals surface area (Å²) >= 11 is 0. The minimum atomic E-state index is -4.41. The third-order valence-corrected chi connectivity index (χ3v) is 5.40. The molecular formula is C18H23F3N2O3. The second kappa shape index (κ2) is 6.72. The maximum absolute atomic E-state index is 12.8. The molecule has 1 saturated carbocycles. The number of pyridine rings is 1. The van der Waals surface area contributed by atoms with Gasteiger partial charge in [0.1, 0.15) is 6.10 Å². The zero-order valence-corrected chi connectivity index (χ0v) is 14.8. The van der Waals surface area contributed by atoms with Crippen LogP contribution in [-0.2, 0) is 11.0 Å². The molecule has 144 valence electrons. The molecule has 2 fully saturated rings.